The second kappa shape index (κ2) is 6.74. The van der Waals surface area contributed by atoms with E-state index in [1.807, 2.05) is 0 Å². The number of hydrogen-bond donors (Lipinski definition) is 2. The fraction of sp³-hybridized carbons (Fsp3) is 0.500. The summed E-state index contributed by atoms with van der Waals surface area (Å²) in [4.78, 5) is 11.8. The molecule has 1 rings (SSSR count). The van der Waals surface area contributed by atoms with E-state index in [2.05, 4.69) is 5.32 Å². The molecule has 1 aromatic rings. The van der Waals surface area contributed by atoms with Gasteiger partial charge in [0.1, 0.15) is 0 Å². The maximum atomic E-state index is 12.2. The summed E-state index contributed by atoms with van der Waals surface area (Å²) in [5, 5.41) is 2.66. The average Bonchev–Trinajstić information content (AvgIpc) is 2.35. The van der Waals surface area contributed by atoms with Crippen molar-refractivity contribution in [2.45, 2.75) is 38.9 Å². The fourth-order valence-electron chi connectivity index (χ4n) is 1.59. The van der Waals surface area contributed by atoms with Gasteiger partial charge in [0.05, 0.1) is 5.92 Å². The number of halogens is 3. The molecule has 0 aromatic heterocycles. The monoisotopic (exact) mass is 288 g/mol. The molecule has 0 fully saturated rings. The quantitative estimate of drug-likeness (QED) is 0.874. The van der Waals surface area contributed by atoms with E-state index in [1.54, 1.807) is 38.1 Å². The zero-order valence-electron chi connectivity index (χ0n) is 11.5. The van der Waals surface area contributed by atoms with Gasteiger partial charge in [-0.15, -0.1) is 0 Å². The number of hydrogen-bond acceptors (Lipinski definition) is 2. The van der Waals surface area contributed by atoms with Crippen molar-refractivity contribution in [2.75, 3.05) is 5.32 Å². The van der Waals surface area contributed by atoms with Crippen molar-refractivity contribution in [3.63, 3.8) is 0 Å². The number of anilines is 1. The van der Waals surface area contributed by atoms with Crippen molar-refractivity contribution >= 4 is 11.6 Å². The first-order valence-corrected chi connectivity index (χ1v) is 6.41. The van der Waals surface area contributed by atoms with E-state index in [9.17, 15) is 18.0 Å². The summed E-state index contributed by atoms with van der Waals surface area (Å²) >= 11 is 0. The predicted octanol–water partition coefficient (Wildman–Crippen LogP) is 3.10. The van der Waals surface area contributed by atoms with Crippen LogP contribution >= 0.6 is 0 Å². The number of carbonyl (C=O) groups is 1. The molecule has 2 atom stereocenters. The highest BCUT2D eigenvalue weighted by molar-refractivity contribution is 5.92. The standard InChI is InChI=1S/C14H19F3N2O/c1-9(10(2)18)13(20)19-12-5-3-4-11(8-12)6-7-14(15,16)17/h3-5,8-10H,6-7,18H2,1-2H3,(H,19,20). The zero-order chi connectivity index (χ0) is 15.3. The van der Waals surface area contributed by atoms with Gasteiger partial charge >= 0.3 is 6.18 Å². The molecule has 20 heavy (non-hydrogen) atoms. The maximum Gasteiger partial charge on any atom is 0.389 e. The summed E-state index contributed by atoms with van der Waals surface area (Å²) in [6, 6.07) is 6.14. The van der Waals surface area contributed by atoms with Gasteiger partial charge in [-0.1, -0.05) is 19.1 Å². The minimum absolute atomic E-state index is 0.101. The Balaban J connectivity index is 2.66. The molecule has 0 aliphatic carbocycles. The van der Waals surface area contributed by atoms with Gasteiger partial charge in [-0.2, -0.15) is 13.2 Å². The van der Waals surface area contributed by atoms with Crippen LogP contribution in [0.1, 0.15) is 25.8 Å². The molecule has 0 heterocycles. The summed E-state index contributed by atoms with van der Waals surface area (Å²) < 4.78 is 36.5. The largest absolute Gasteiger partial charge is 0.389 e. The molecule has 112 valence electrons. The minimum Gasteiger partial charge on any atom is -0.327 e. The molecule has 0 aliphatic rings. The number of rotatable bonds is 5. The molecular formula is C14H19F3N2O. The van der Waals surface area contributed by atoms with E-state index in [-0.39, 0.29) is 24.3 Å². The summed E-state index contributed by atoms with van der Waals surface area (Å²) in [5.41, 5.74) is 6.65. The smallest absolute Gasteiger partial charge is 0.327 e. The summed E-state index contributed by atoms with van der Waals surface area (Å²) in [7, 11) is 0. The molecule has 3 nitrogen and oxygen atoms in total. The molecule has 0 bridgehead atoms. The highest BCUT2D eigenvalue weighted by atomic mass is 19.4. The Morgan fingerprint density at radius 1 is 1.35 bits per heavy atom. The van der Waals surface area contributed by atoms with Crippen molar-refractivity contribution in [2.24, 2.45) is 11.7 Å². The van der Waals surface area contributed by atoms with E-state index in [1.165, 1.54) is 0 Å². The van der Waals surface area contributed by atoms with Gasteiger partial charge < -0.3 is 11.1 Å². The molecule has 1 amide bonds. The van der Waals surface area contributed by atoms with Gasteiger partial charge in [0.25, 0.3) is 0 Å². The number of nitrogens with two attached hydrogens (primary N) is 1. The number of carbonyl (C=O) groups excluding carboxylic acids is 1. The lowest BCUT2D eigenvalue weighted by molar-refractivity contribution is -0.134. The lowest BCUT2D eigenvalue weighted by Gasteiger charge is -2.15. The molecule has 0 saturated heterocycles. The molecule has 2 unspecified atom stereocenters. The highest BCUT2D eigenvalue weighted by Gasteiger charge is 2.26. The summed E-state index contributed by atoms with van der Waals surface area (Å²) in [6.07, 6.45) is -5.15. The van der Waals surface area contributed by atoms with Gasteiger partial charge in [0.15, 0.2) is 0 Å². The molecule has 6 heteroatoms. The topological polar surface area (TPSA) is 55.1 Å². The minimum atomic E-state index is -4.18. The van der Waals surface area contributed by atoms with Gasteiger partial charge in [-0.3, -0.25) is 4.79 Å². The van der Waals surface area contributed by atoms with Crippen LogP contribution in [0.15, 0.2) is 24.3 Å². The van der Waals surface area contributed by atoms with Crippen LogP contribution in [0.5, 0.6) is 0 Å². The lowest BCUT2D eigenvalue weighted by Crippen LogP contribution is -2.34. The predicted molar refractivity (Wildman–Crippen MR) is 72.3 cm³/mol. The SMILES string of the molecule is CC(N)C(C)C(=O)Nc1cccc(CCC(F)(F)F)c1. The summed E-state index contributed by atoms with van der Waals surface area (Å²) in [5.74, 6) is -0.609. The first-order chi connectivity index (χ1) is 9.19. The Bertz CT molecular complexity index is 458. The fourth-order valence-corrected chi connectivity index (χ4v) is 1.59. The molecular weight excluding hydrogens is 269 g/mol. The highest BCUT2D eigenvalue weighted by Crippen LogP contribution is 2.23. The third-order valence-electron chi connectivity index (χ3n) is 3.09. The molecule has 0 spiro atoms. The van der Waals surface area contributed by atoms with Crippen molar-refractivity contribution in [1.82, 2.24) is 0 Å². The van der Waals surface area contributed by atoms with Crippen molar-refractivity contribution in [1.29, 1.82) is 0 Å². The Kier molecular flexibility index (Phi) is 5.56. The number of benzene rings is 1. The number of amides is 1. The van der Waals surface area contributed by atoms with Crippen molar-refractivity contribution < 1.29 is 18.0 Å². The van der Waals surface area contributed by atoms with Crippen molar-refractivity contribution in [3.8, 4) is 0 Å². The lowest BCUT2D eigenvalue weighted by atomic mass is 10.0. The van der Waals surface area contributed by atoms with E-state index < -0.39 is 12.6 Å². The first-order valence-electron chi connectivity index (χ1n) is 6.41. The Hall–Kier alpha value is -1.56. The first kappa shape index (κ1) is 16.5. The van der Waals surface area contributed by atoms with E-state index in [0.29, 0.717) is 11.3 Å². The van der Waals surface area contributed by atoms with Gasteiger partial charge in [-0.25, -0.2) is 0 Å². The van der Waals surface area contributed by atoms with Crippen LogP contribution in [0.2, 0.25) is 0 Å². The van der Waals surface area contributed by atoms with Gasteiger partial charge in [-0.05, 0) is 31.0 Å². The third kappa shape index (κ3) is 5.61. The van der Waals surface area contributed by atoms with Crippen LogP contribution in [-0.2, 0) is 11.2 Å². The number of alkyl halides is 3. The van der Waals surface area contributed by atoms with Gasteiger partial charge in [0.2, 0.25) is 5.91 Å². The van der Waals surface area contributed by atoms with Crippen LogP contribution in [0, 0.1) is 5.92 Å². The summed E-state index contributed by atoms with van der Waals surface area (Å²) in [6.45, 7) is 3.43. The third-order valence-corrected chi connectivity index (χ3v) is 3.09. The molecule has 3 N–H and O–H groups in total. The van der Waals surface area contributed by atoms with E-state index >= 15 is 0 Å². The van der Waals surface area contributed by atoms with E-state index in [0.717, 1.165) is 0 Å². The molecule has 1 aromatic carbocycles. The number of nitrogens with one attached hydrogen (secondary N) is 1. The average molecular weight is 288 g/mol. The Morgan fingerprint density at radius 2 is 2.00 bits per heavy atom. The second-order valence-electron chi connectivity index (χ2n) is 4.95. The second-order valence-corrected chi connectivity index (χ2v) is 4.95. The Labute approximate surface area is 116 Å². The Morgan fingerprint density at radius 3 is 2.55 bits per heavy atom. The van der Waals surface area contributed by atoms with Crippen LogP contribution in [-0.4, -0.2) is 18.1 Å². The van der Waals surface area contributed by atoms with E-state index in [4.69, 9.17) is 5.73 Å². The zero-order valence-corrected chi connectivity index (χ0v) is 11.5. The van der Waals surface area contributed by atoms with Gasteiger partial charge in [0, 0.05) is 18.2 Å². The molecule has 0 radical (unpaired) electrons. The normalized spacial score (nSPS) is 14.7. The van der Waals surface area contributed by atoms with Crippen LogP contribution in [0.25, 0.3) is 0 Å². The molecule has 0 saturated carbocycles. The maximum absolute atomic E-state index is 12.2. The van der Waals surface area contributed by atoms with Crippen molar-refractivity contribution in [3.05, 3.63) is 29.8 Å². The van der Waals surface area contributed by atoms with Crippen LogP contribution in [0.4, 0.5) is 18.9 Å². The van der Waals surface area contributed by atoms with Crippen LogP contribution < -0.4 is 11.1 Å². The number of aryl methyl sites for hydroxylation is 1. The van der Waals surface area contributed by atoms with Crippen LogP contribution in [0.3, 0.4) is 0 Å². The molecule has 0 aliphatic heterocycles.